The molecule has 104 valence electrons. The number of hydrogen-bond donors (Lipinski definition) is 0. The Bertz CT molecular complexity index is 607. The van der Waals surface area contributed by atoms with E-state index in [0.29, 0.717) is 11.8 Å². The fourth-order valence-electron chi connectivity index (χ4n) is 4.08. The van der Waals surface area contributed by atoms with E-state index in [1.165, 1.54) is 25.7 Å². The lowest BCUT2D eigenvalue weighted by molar-refractivity contribution is 0.401. The van der Waals surface area contributed by atoms with Gasteiger partial charge in [-0.15, -0.1) is 21.8 Å². The van der Waals surface area contributed by atoms with E-state index in [0.717, 1.165) is 29.2 Å². The number of hydrogen-bond acceptors (Lipinski definition) is 2. The lowest BCUT2D eigenvalue weighted by Gasteiger charge is -2.22. The number of aromatic nitrogens is 3. The smallest absolute Gasteiger partial charge is 0.152 e. The quantitative estimate of drug-likeness (QED) is 0.801. The van der Waals surface area contributed by atoms with Gasteiger partial charge in [0.1, 0.15) is 5.82 Å². The van der Waals surface area contributed by atoms with E-state index in [4.69, 9.17) is 11.6 Å². The van der Waals surface area contributed by atoms with E-state index in [1.807, 2.05) is 6.07 Å². The molecule has 0 spiro atoms. The molecule has 2 saturated carbocycles. The average Bonchev–Trinajstić information content (AvgIpc) is 3.22. The van der Waals surface area contributed by atoms with Gasteiger partial charge in [0.2, 0.25) is 0 Å². The maximum atomic E-state index is 6.06. The van der Waals surface area contributed by atoms with Crippen molar-refractivity contribution in [3.05, 3.63) is 42.0 Å². The predicted molar refractivity (Wildman–Crippen MR) is 79.1 cm³/mol. The zero-order valence-electron chi connectivity index (χ0n) is 11.4. The van der Waals surface area contributed by atoms with Crippen LogP contribution in [0.4, 0.5) is 0 Å². The van der Waals surface area contributed by atoms with Crippen molar-refractivity contribution in [3.8, 4) is 5.69 Å². The van der Waals surface area contributed by atoms with Crippen molar-refractivity contribution in [1.29, 1.82) is 0 Å². The topological polar surface area (TPSA) is 30.7 Å². The van der Waals surface area contributed by atoms with E-state index in [9.17, 15) is 0 Å². The summed E-state index contributed by atoms with van der Waals surface area (Å²) in [5.41, 5.74) is 1.13. The molecule has 4 heteroatoms. The molecular formula is C16H18ClN3. The number of fused-ring (bicyclic) bond motifs is 2. The van der Waals surface area contributed by atoms with Gasteiger partial charge in [-0.05, 0) is 43.2 Å². The summed E-state index contributed by atoms with van der Waals surface area (Å²) in [6.07, 6.45) is 5.41. The largest absolute Gasteiger partial charge is 0.282 e. The number of rotatable bonds is 3. The number of alkyl halides is 1. The number of para-hydroxylation sites is 1. The summed E-state index contributed by atoms with van der Waals surface area (Å²) in [6, 6.07) is 10.4. The summed E-state index contributed by atoms with van der Waals surface area (Å²) >= 11 is 6.06. The van der Waals surface area contributed by atoms with Crippen LogP contribution in [-0.4, -0.2) is 14.8 Å². The van der Waals surface area contributed by atoms with Crippen LogP contribution in [0.3, 0.4) is 0 Å². The monoisotopic (exact) mass is 287 g/mol. The Labute approximate surface area is 124 Å². The third-order valence-corrected chi connectivity index (χ3v) is 5.20. The van der Waals surface area contributed by atoms with Crippen molar-refractivity contribution in [2.75, 3.05) is 0 Å². The minimum Gasteiger partial charge on any atom is -0.282 e. The molecule has 2 aliphatic carbocycles. The molecule has 0 N–H and O–H groups in total. The molecule has 2 bridgehead atoms. The molecule has 0 radical (unpaired) electrons. The number of benzene rings is 1. The third kappa shape index (κ3) is 1.87. The van der Waals surface area contributed by atoms with Crippen LogP contribution in [0, 0.1) is 11.8 Å². The Balaban J connectivity index is 1.79. The zero-order valence-corrected chi connectivity index (χ0v) is 12.1. The number of nitrogens with zero attached hydrogens (tertiary/aromatic N) is 3. The molecule has 2 aliphatic rings. The molecule has 0 aliphatic heterocycles. The van der Waals surface area contributed by atoms with Crippen molar-refractivity contribution < 1.29 is 0 Å². The van der Waals surface area contributed by atoms with E-state index >= 15 is 0 Å². The summed E-state index contributed by atoms with van der Waals surface area (Å²) in [4.78, 5) is 0. The van der Waals surface area contributed by atoms with Crippen LogP contribution in [-0.2, 0) is 5.88 Å². The van der Waals surface area contributed by atoms with Gasteiger partial charge < -0.3 is 0 Å². The Morgan fingerprint density at radius 1 is 1.10 bits per heavy atom. The first kappa shape index (κ1) is 12.4. The molecule has 3 atom stereocenters. The normalized spacial score (nSPS) is 28.1. The van der Waals surface area contributed by atoms with Crippen molar-refractivity contribution in [2.45, 2.75) is 37.5 Å². The Morgan fingerprint density at radius 3 is 2.60 bits per heavy atom. The van der Waals surface area contributed by atoms with Crippen molar-refractivity contribution >= 4 is 11.6 Å². The second-order valence-electron chi connectivity index (χ2n) is 6.06. The van der Waals surface area contributed by atoms with E-state index < -0.39 is 0 Å². The second-order valence-corrected chi connectivity index (χ2v) is 6.33. The molecule has 0 saturated heterocycles. The molecule has 4 rings (SSSR count). The maximum Gasteiger partial charge on any atom is 0.152 e. The maximum absolute atomic E-state index is 6.06. The molecule has 2 aromatic rings. The minimum absolute atomic E-state index is 0.405. The van der Waals surface area contributed by atoms with E-state index in [-0.39, 0.29) is 0 Å². The van der Waals surface area contributed by atoms with Crippen LogP contribution in [0.1, 0.15) is 43.3 Å². The van der Waals surface area contributed by atoms with Crippen LogP contribution in [0.15, 0.2) is 30.3 Å². The van der Waals surface area contributed by atoms with E-state index in [2.05, 4.69) is 39.0 Å². The fraction of sp³-hybridized carbons (Fsp3) is 0.500. The SMILES string of the molecule is ClCc1nnc(C2CC3CCC2C3)n1-c1ccccc1. The van der Waals surface area contributed by atoms with Crippen LogP contribution < -0.4 is 0 Å². The summed E-state index contributed by atoms with van der Waals surface area (Å²) in [5, 5.41) is 8.81. The highest BCUT2D eigenvalue weighted by Crippen LogP contribution is 2.52. The Hall–Kier alpha value is -1.35. The summed E-state index contributed by atoms with van der Waals surface area (Å²) in [7, 11) is 0. The van der Waals surface area contributed by atoms with Gasteiger partial charge in [0.25, 0.3) is 0 Å². The van der Waals surface area contributed by atoms with Gasteiger partial charge >= 0.3 is 0 Å². The number of halogens is 1. The van der Waals surface area contributed by atoms with Crippen LogP contribution in [0.2, 0.25) is 0 Å². The van der Waals surface area contributed by atoms with Gasteiger partial charge in [-0.3, -0.25) is 4.57 Å². The lowest BCUT2D eigenvalue weighted by atomic mass is 9.88. The summed E-state index contributed by atoms with van der Waals surface area (Å²) in [5.74, 6) is 4.66. The third-order valence-electron chi connectivity index (χ3n) is 4.96. The first-order valence-corrected chi connectivity index (χ1v) is 7.96. The second kappa shape index (κ2) is 4.88. The van der Waals surface area contributed by atoms with Gasteiger partial charge in [-0.1, -0.05) is 24.6 Å². The molecule has 3 unspecified atom stereocenters. The molecule has 1 aromatic heterocycles. The summed E-state index contributed by atoms with van der Waals surface area (Å²) < 4.78 is 2.18. The first-order valence-electron chi connectivity index (χ1n) is 7.42. The van der Waals surface area contributed by atoms with Crippen LogP contribution in [0.5, 0.6) is 0 Å². The van der Waals surface area contributed by atoms with Crippen LogP contribution in [0.25, 0.3) is 5.69 Å². The molecule has 3 nitrogen and oxygen atoms in total. The van der Waals surface area contributed by atoms with Crippen molar-refractivity contribution in [3.63, 3.8) is 0 Å². The van der Waals surface area contributed by atoms with Gasteiger partial charge in [-0.2, -0.15) is 0 Å². The lowest BCUT2D eigenvalue weighted by Crippen LogP contribution is -2.15. The van der Waals surface area contributed by atoms with Gasteiger partial charge in [0, 0.05) is 11.6 Å². The van der Waals surface area contributed by atoms with Gasteiger partial charge in [0.05, 0.1) is 5.88 Å². The van der Waals surface area contributed by atoms with Crippen molar-refractivity contribution in [1.82, 2.24) is 14.8 Å². The molecule has 1 aromatic carbocycles. The average molecular weight is 288 g/mol. The molecule has 20 heavy (non-hydrogen) atoms. The zero-order chi connectivity index (χ0) is 13.5. The minimum atomic E-state index is 0.405. The van der Waals surface area contributed by atoms with Crippen molar-refractivity contribution in [2.24, 2.45) is 11.8 Å². The summed E-state index contributed by atoms with van der Waals surface area (Å²) in [6.45, 7) is 0. The first-order chi connectivity index (χ1) is 9.86. The fourth-order valence-corrected chi connectivity index (χ4v) is 4.25. The molecule has 1 heterocycles. The Morgan fingerprint density at radius 2 is 1.95 bits per heavy atom. The predicted octanol–water partition coefficient (Wildman–Crippen LogP) is 3.91. The van der Waals surface area contributed by atoms with E-state index in [1.54, 1.807) is 0 Å². The Kier molecular flexibility index (Phi) is 3.03. The highest BCUT2D eigenvalue weighted by Gasteiger charge is 2.42. The molecule has 0 amide bonds. The standard InChI is InChI=1S/C16H18ClN3/c17-10-15-18-19-16(14-9-11-6-7-12(14)8-11)20(15)13-4-2-1-3-5-13/h1-5,11-12,14H,6-10H2. The van der Waals surface area contributed by atoms with Gasteiger partial charge in [0.15, 0.2) is 5.82 Å². The molecule has 2 fully saturated rings. The highest BCUT2D eigenvalue weighted by atomic mass is 35.5. The van der Waals surface area contributed by atoms with Crippen LogP contribution >= 0.6 is 11.6 Å². The molecular weight excluding hydrogens is 270 g/mol. The highest BCUT2D eigenvalue weighted by molar-refractivity contribution is 6.16. The van der Waals surface area contributed by atoms with Gasteiger partial charge in [-0.25, -0.2) is 0 Å².